The van der Waals surface area contributed by atoms with Gasteiger partial charge in [-0.2, -0.15) is 0 Å². The van der Waals surface area contributed by atoms with E-state index >= 15 is 0 Å². The fraction of sp³-hybridized carbons (Fsp3) is 0.750. The van der Waals surface area contributed by atoms with E-state index in [4.69, 9.17) is 4.74 Å². The first-order valence-corrected chi connectivity index (χ1v) is 8.16. The minimum Gasteiger partial charge on any atom is -0.374 e. The average Bonchev–Trinajstić information content (AvgIpc) is 2.88. The number of rotatable bonds is 8. The Hall–Kier alpha value is -1.36. The van der Waals surface area contributed by atoms with E-state index in [1.807, 2.05) is 13.0 Å². The fourth-order valence-electron chi connectivity index (χ4n) is 2.88. The lowest BCUT2D eigenvalue weighted by atomic mass is 9.98. The van der Waals surface area contributed by atoms with Crippen molar-refractivity contribution in [2.75, 3.05) is 30.3 Å². The van der Waals surface area contributed by atoms with Crippen molar-refractivity contribution < 1.29 is 4.74 Å². The summed E-state index contributed by atoms with van der Waals surface area (Å²) in [7, 11) is 0. The molecule has 1 heterocycles. The Morgan fingerprint density at radius 3 is 2.57 bits per heavy atom. The second-order valence-corrected chi connectivity index (χ2v) is 5.77. The second kappa shape index (κ2) is 8.17. The highest BCUT2D eigenvalue weighted by molar-refractivity contribution is 5.47. The highest BCUT2D eigenvalue weighted by atomic mass is 16.5. The van der Waals surface area contributed by atoms with E-state index < -0.39 is 0 Å². The van der Waals surface area contributed by atoms with Crippen molar-refractivity contribution in [3.63, 3.8) is 0 Å². The van der Waals surface area contributed by atoms with E-state index in [0.29, 0.717) is 13.2 Å². The molecule has 1 aromatic heterocycles. The minimum absolute atomic E-state index is 0.463. The molecule has 1 saturated carbocycles. The number of hydrogen-bond acceptors (Lipinski definition) is 5. The molecule has 1 aliphatic carbocycles. The predicted octanol–water partition coefficient (Wildman–Crippen LogP) is 3.29. The van der Waals surface area contributed by atoms with E-state index in [1.54, 1.807) is 0 Å². The zero-order valence-electron chi connectivity index (χ0n) is 13.5. The van der Waals surface area contributed by atoms with Gasteiger partial charge in [-0.25, -0.2) is 9.97 Å². The van der Waals surface area contributed by atoms with Gasteiger partial charge >= 0.3 is 0 Å². The highest BCUT2D eigenvalue weighted by Crippen LogP contribution is 2.31. The lowest BCUT2D eigenvalue weighted by molar-refractivity contribution is 0.128. The molecule has 2 N–H and O–H groups in total. The summed E-state index contributed by atoms with van der Waals surface area (Å²) in [5, 5.41) is 6.74. The number of hydrogen-bond donors (Lipinski definition) is 2. The van der Waals surface area contributed by atoms with Crippen LogP contribution in [0.3, 0.4) is 0 Å². The van der Waals surface area contributed by atoms with Crippen LogP contribution in [0.25, 0.3) is 0 Å². The third kappa shape index (κ3) is 4.84. The molecule has 5 nitrogen and oxygen atoms in total. The van der Waals surface area contributed by atoms with E-state index in [1.165, 1.54) is 19.3 Å². The molecule has 2 rings (SSSR count). The molecule has 0 radical (unpaired) electrons. The molecule has 1 aliphatic rings. The molecule has 21 heavy (non-hydrogen) atoms. The number of ether oxygens (including phenoxy) is 1. The first-order chi connectivity index (χ1) is 10.2. The Labute approximate surface area is 127 Å². The largest absolute Gasteiger partial charge is 0.374 e. The van der Waals surface area contributed by atoms with Crippen molar-refractivity contribution in [2.45, 2.75) is 46.6 Å². The Balaban J connectivity index is 2.00. The summed E-state index contributed by atoms with van der Waals surface area (Å²) in [4.78, 5) is 9.02. The van der Waals surface area contributed by atoms with Gasteiger partial charge in [0.05, 0.1) is 0 Å². The van der Waals surface area contributed by atoms with Crippen molar-refractivity contribution in [3.05, 3.63) is 11.9 Å². The van der Waals surface area contributed by atoms with Crippen LogP contribution < -0.4 is 10.6 Å². The normalized spacial score (nSPS) is 21.5. The average molecular weight is 292 g/mol. The monoisotopic (exact) mass is 292 g/mol. The SMILES string of the molecule is CCNc1cc(NCC2CCCC2C)nc(COCC)n1. The van der Waals surface area contributed by atoms with Crippen LogP contribution >= 0.6 is 0 Å². The van der Waals surface area contributed by atoms with Crippen LogP contribution in [-0.4, -0.2) is 29.7 Å². The van der Waals surface area contributed by atoms with Crippen molar-refractivity contribution in [3.8, 4) is 0 Å². The Kier molecular flexibility index (Phi) is 6.23. The molecule has 0 spiro atoms. The van der Waals surface area contributed by atoms with Crippen molar-refractivity contribution in [1.29, 1.82) is 0 Å². The molecule has 2 unspecified atom stereocenters. The van der Waals surface area contributed by atoms with Gasteiger partial charge in [-0.3, -0.25) is 0 Å². The topological polar surface area (TPSA) is 59.1 Å². The summed E-state index contributed by atoms with van der Waals surface area (Å²) in [5.74, 6) is 4.07. The summed E-state index contributed by atoms with van der Waals surface area (Å²) in [6, 6.07) is 1.98. The van der Waals surface area contributed by atoms with Gasteiger partial charge in [-0.15, -0.1) is 0 Å². The van der Waals surface area contributed by atoms with Gasteiger partial charge in [0.25, 0.3) is 0 Å². The predicted molar refractivity (Wildman–Crippen MR) is 86.5 cm³/mol. The molecule has 1 fully saturated rings. The molecule has 1 aromatic rings. The maximum atomic E-state index is 5.42. The van der Waals surface area contributed by atoms with Crippen LogP contribution in [0.2, 0.25) is 0 Å². The van der Waals surface area contributed by atoms with E-state index in [-0.39, 0.29) is 0 Å². The van der Waals surface area contributed by atoms with Gasteiger partial charge < -0.3 is 15.4 Å². The van der Waals surface area contributed by atoms with E-state index in [9.17, 15) is 0 Å². The molecule has 0 aromatic carbocycles. The molecule has 118 valence electrons. The first-order valence-electron chi connectivity index (χ1n) is 8.16. The van der Waals surface area contributed by atoms with Crippen molar-refractivity contribution in [2.24, 2.45) is 11.8 Å². The standard InChI is InChI=1S/C16H28N4O/c1-4-17-14-9-15(20-16(19-14)11-21-5-2)18-10-13-8-6-7-12(13)3/h9,12-13H,4-8,10-11H2,1-3H3,(H2,17,18,19,20). The number of anilines is 2. The third-order valence-corrected chi connectivity index (χ3v) is 4.15. The Morgan fingerprint density at radius 2 is 1.95 bits per heavy atom. The zero-order valence-corrected chi connectivity index (χ0v) is 13.5. The highest BCUT2D eigenvalue weighted by Gasteiger charge is 2.23. The smallest absolute Gasteiger partial charge is 0.158 e. The molecular formula is C16H28N4O. The maximum absolute atomic E-state index is 5.42. The van der Waals surface area contributed by atoms with Crippen LogP contribution in [0, 0.1) is 11.8 Å². The Bertz CT molecular complexity index is 438. The number of aromatic nitrogens is 2. The zero-order chi connectivity index (χ0) is 15.1. The van der Waals surface area contributed by atoms with Gasteiger partial charge in [-0.1, -0.05) is 19.8 Å². The summed E-state index contributed by atoms with van der Waals surface area (Å²) in [6.45, 7) is 9.39. The molecule has 5 heteroatoms. The molecule has 0 bridgehead atoms. The fourth-order valence-corrected chi connectivity index (χ4v) is 2.88. The first kappa shape index (κ1) is 16.0. The molecule has 0 amide bonds. The quantitative estimate of drug-likeness (QED) is 0.770. The van der Waals surface area contributed by atoms with Gasteiger partial charge in [0.15, 0.2) is 5.82 Å². The lowest BCUT2D eigenvalue weighted by Gasteiger charge is -2.17. The molecule has 0 saturated heterocycles. The van der Waals surface area contributed by atoms with Gasteiger partial charge in [0.2, 0.25) is 0 Å². The Morgan fingerprint density at radius 1 is 1.19 bits per heavy atom. The van der Waals surface area contributed by atoms with E-state index in [2.05, 4.69) is 34.4 Å². The van der Waals surface area contributed by atoms with Crippen LogP contribution in [0.4, 0.5) is 11.6 Å². The number of nitrogens with zero attached hydrogens (tertiary/aromatic N) is 2. The summed E-state index contributed by atoms with van der Waals surface area (Å²) in [5.41, 5.74) is 0. The van der Waals surface area contributed by atoms with Crippen LogP contribution in [0.1, 0.15) is 45.9 Å². The maximum Gasteiger partial charge on any atom is 0.158 e. The molecular weight excluding hydrogens is 264 g/mol. The van der Waals surface area contributed by atoms with Gasteiger partial charge in [-0.05, 0) is 32.1 Å². The van der Waals surface area contributed by atoms with Crippen LogP contribution in [0.15, 0.2) is 6.07 Å². The summed E-state index contributed by atoms with van der Waals surface area (Å²) in [6.07, 6.45) is 4.04. The minimum atomic E-state index is 0.463. The molecule has 2 atom stereocenters. The molecule has 0 aliphatic heterocycles. The van der Waals surface area contributed by atoms with E-state index in [0.717, 1.165) is 42.4 Å². The summed E-state index contributed by atoms with van der Waals surface area (Å²) >= 11 is 0. The van der Waals surface area contributed by atoms with Crippen molar-refractivity contribution >= 4 is 11.6 Å². The van der Waals surface area contributed by atoms with Gasteiger partial charge in [0.1, 0.15) is 18.2 Å². The van der Waals surface area contributed by atoms with Crippen LogP contribution in [0.5, 0.6) is 0 Å². The van der Waals surface area contributed by atoms with Gasteiger partial charge in [0, 0.05) is 25.8 Å². The third-order valence-electron chi connectivity index (χ3n) is 4.15. The number of nitrogens with one attached hydrogen (secondary N) is 2. The second-order valence-electron chi connectivity index (χ2n) is 5.77. The lowest BCUT2D eigenvalue weighted by Crippen LogP contribution is -2.18. The van der Waals surface area contributed by atoms with Crippen LogP contribution in [-0.2, 0) is 11.3 Å². The van der Waals surface area contributed by atoms with Crippen molar-refractivity contribution in [1.82, 2.24) is 9.97 Å². The summed E-state index contributed by atoms with van der Waals surface area (Å²) < 4.78 is 5.42.